The molecule has 1 aliphatic heterocycles. The van der Waals surface area contributed by atoms with Gasteiger partial charge in [0.2, 0.25) is 0 Å². The van der Waals surface area contributed by atoms with Gasteiger partial charge in [0.05, 0.1) is 17.4 Å². The van der Waals surface area contributed by atoms with Gasteiger partial charge in [0, 0.05) is 31.7 Å². The van der Waals surface area contributed by atoms with E-state index in [4.69, 9.17) is 0 Å². The zero-order valence-electron chi connectivity index (χ0n) is 11.7. The molecular weight excluding hydrogens is 256 g/mol. The predicted octanol–water partition coefficient (Wildman–Crippen LogP) is 0.874. The number of aliphatic hydroxyl groups excluding tert-OH is 1. The molecule has 1 amide bonds. The third kappa shape index (κ3) is 2.16. The minimum Gasteiger partial charge on any atom is -0.391 e. The average Bonchev–Trinajstić information content (AvgIpc) is 2.73. The number of pyridine rings is 1. The molecule has 6 nitrogen and oxygen atoms in total. The van der Waals surface area contributed by atoms with Gasteiger partial charge in [-0.05, 0) is 25.8 Å². The van der Waals surface area contributed by atoms with Crippen LogP contribution in [-0.4, -0.2) is 49.9 Å². The van der Waals surface area contributed by atoms with Gasteiger partial charge in [0.25, 0.3) is 5.91 Å². The zero-order chi connectivity index (χ0) is 14.3. The SMILES string of the molecule is Cc1nn(C)c2ncc(C(=O)N3CCCC(O)C3)cc12. The van der Waals surface area contributed by atoms with E-state index >= 15 is 0 Å². The topological polar surface area (TPSA) is 71.2 Å². The average molecular weight is 274 g/mol. The molecular formula is C14H18N4O2. The molecule has 0 saturated carbocycles. The molecule has 2 aromatic heterocycles. The molecule has 1 fully saturated rings. The summed E-state index contributed by atoms with van der Waals surface area (Å²) in [6.45, 7) is 3.01. The number of aliphatic hydroxyl groups is 1. The Morgan fingerprint density at radius 2 is 2.30 bits per heavy atom. The first-order chi connectivity index (χ1) is 9.56. The van der Waals surface area contributed by atoms with Crippen molar-refractivity contribution in [3.63, 3.8) is 0 Å². The Morgan fingerprint density at radius 1 is 1.50 bits per heavy atom. The summed E-state index contributed by atoms with van der Waals surface area (Å²) in [5, 5.41) is 14.9. The number of piperidine rings is 1. The summed E-state index contributed by atoms with van der Waals surface area (Å²) in [6, 6.07) is 1.84. The Hall–Kier alpha value is -1.95. The van der Waals surface area contributed by atoms with Crippen molar-refractivity contribution in [2.45, 2.75) is 25.9 Å². The fourth-order valence-electron chi connectivity index (χ4n) is 2.75. The molecule has 3 heterocycles. The Labute approximate surface area is 117 Å². The van der Waals surface area contributed by atoms with Crippen LogP contribution in [0.3, 0.4) is 0 Å². The maximum absolute atomic E-state index is 12.5. The van der Waals surface area contributed by atoms with Crippen LogP contribution in [-0.2, 0) is 7.05 Å². The number of amides is 1. The van der Waals surface area contributed by atoms with Crippen LogP contribution in [0.15, 0.2) is 12.3 Å². The second-order valence-corrected chi connectivity index (χ2v) is 5.35. The first-order valence-corrected chi connectivity index (χ1v) is 6.83. The Bertz CT molecular complexity index is 664. The van der Waals surface area contributed by atoms with Gasteiger partial charge in [0.15, 0.2) is 5.65 Å². The highest BCUT2D eigenvalue weighted by Gasteiger charge is 2.23. The minimum absolute atomic E-state index is 0.0681. The molecule has 3 rings (SSSR count). The largest absolute Gasteiger partial charge is 0.391 e. The number of β-amino-alcohol motifs (C(OH)–C–C–N with tert-alkyl or cyclic N) is 1. The third-order valence-corrected chi connectivity index (χ3v) is 3.79. The number of carbonyl (C=O) groups is 1. The second kappa shape index (κ2) is 4.86. The number of hydrogen-bond acceptors (Lipinski definition) is 4. The highest BCUT2D eigenvalue weighted by molar-refractivity contribution is 5.97. The molecule has 1 atom stereocenters. The predicted molar refractivity (Wildman–Crippen MR) is 74.4 cm³/mol. The van der Waals surface area contributed by atoms with E-state index in [2.05, 4.69) is 10.1 Å². The monoisotopic (exact) mass is 274 g/mol. The van der Waals surface area contributed by atoms with Crippen LogP contribution >= 0.6 is 0 Å². The molecule has 106 valence electrons. The minimum atomic E-state index is -0.412. The number of carbonyl (C=O) groups excluding carboxylic acids is 1. The summed E-state index contributed by atoms with van der Waals surface area (Å²) >= 11 is 0. The fourth-order valence-corrected chi connectivity index (χ4v) is 2.75. The molecule has 2 aromatic rings. The van der Waals surface area contributed by atoms with Crippen molar-refractivity contribution in [2.24, 2.45) is 7.05 Å². The number of hydrogen-bond donors (Lipinski definition) is 1. The van der Waals surface area contributed by atoms with E-state index in [0.29, 0.717) is 18.7 Å². The summed E-state index contributed by atoms with van der Waals surface area (Å²) in [5.41, 5.74) is 2.20. The van der Waals surface area contributed by atoms with Crippen LogP contribution in [0.2, 0.25) is 0 Å². The van der Waals surface area contributed by atoms with Crippen molar-refractivity contribution in [1.29, 1.82) is 0 Å². The normalized spacial score (nSPS) is 19.6. The molecule has 0 radical (unpaired) electrons. The number of nitrogens with zero attached hydrogens (tertiary/aromatic N) is 4. The first kappa shape index (κ1) is 13.1. The van der Waals surface area contributed by atoms with Gasteiger partial charge >= 0.3 is 0 Å². The van der Waals surface area contributed by atoms with Crippen LogP contribution < -0.4 is 0 Å². The van der Waals surface area contributed by atoms with Gasteiger partial charge < -0.3 is 10.0 Å². The van der Waals surface area contributed by atoms with Crippen LogP contribution in [0.5, 0.6) is 0 Å². The van der Waals surface area contributed by atoms with E-state index in [1.807, 2.05) is 20.0 Å². The molecule has 1 unspecified atom stereocenters. The highest BCUT2D eigenvalue weighted by Crippen LogP contribution is 2.19. The lowest BCUT2D eigenvalue weighted by Crippen LogP contribution is -2.42. The molecule has 0 aromatic carbocycles. The molecule has 20 heavy (non-hydrogen) atoms. The Kier molecular flexibility index (Phi) is 3.17. The Balaban J connectivity index is 1.93. The summed E-state index contributed by atoms with van der Waals surface area (Å²) in [7, 11) is 1.84. The van der Waals surface area contributed by atoms with Crippen LogP contribution in [0, 0.1) is 6.92 Å². The number of aromatic nitrogens is 3. The smallest absolute Gasteiger partial charge is 0.255 e. The lowest BCUT2D eigenvalue weighted by atomic mass is 10.1. The van der Waals surface area contributed by atoms with Gasteiger partial charge in [-0.3, -0.25) is 9.48 Å². The van der Waals surface area contributed by atoms with Crippen LogP contribution in [0.25, 0.3) is 11.0 Å². The van der Waals surface area contributed by atoms with Crippen molar-refractivity contribution in [3.05, 3.63) is 23.5 Å². The maximum atomic E-state index is 12.5. The van der Waals surface area contributed by atoms with Gasteiger partial charge in [-0.15, -0.1) is 0 Å². The molecule has 0 aliphatic carbocycles. The standard InChI is InChI=1S/C14H18N4O2/c1-9-12-6-10(7-15-13(12)17(2)16-9)14(20)18-5-3-4-11(19)8-18/h6-7,11,19H,3-5,8H2,1-2H3. The van der Waals surface area contributed by atoms with Gasteiger partial charge in [-0.25, -0.2) is 4.98 Å². The highest BCUT2D eigenvalue weighted by atomic mass is 16.3. The molecule has 1 aliphatic rings. The van der Waals surface area contributed by atoms with Crippen LogP contribution in [0.1, 0.15) is 28.9 Å². The van der Waals surface area contributed by atoms with Gasteiger partial charge in [-0.1, -0.05) is 0 Å². The fraction of sp³-hybridized carbons (Fsp3) is 0.500. The van der Waals surface area contributed by atoms with E-state index in [1.165, 1.54) is 0 Å². The number of fused-ring (bicyclic) bond motifs is 1. The van der Waals surface area contributed by atoms with Gasteiger partial charge in [0.1, 0.15) is 0 Å². The van der Waals surface area contributed by atoms with Crippen molar-refractivity contribution in [3.8, 4) is 0 Å². The van der Waals surface area contributed by atoms with Crippen LogP contribution in [0.4, 0.5) is 0 Å². The quantitative estimate of drug-likeness (QED) is 0.837. The van der Waals surface area contributed by atoms with Crippen molar-refractivity contribution >= 4 is 16.9 Å². The molecule has 0 bridgehead atoms. The second-order valence-electron chi connectivity index (χ2n) is 5.35. The van der Waals surface area contributed by atoms with E-state index < -0.39 is 6.10 Å². The zero-order valence-corrected chi connectivity index (χ0v) is 11.7. The number of rotatable bonds is 1. The van der Waals surface area contributed by atoms with Gasteiger partial charge in [-0.2, -0.15) is 5.10 Å². The molecule has 1 N–H and O–H groups in total. The van der Waals surface area contributed by atoms with E-state index in [-0.39, 0.29) is 5.91 Å². The van der Waals surface area contributed by atoms with E-state index in [1.54, 1.807) is 15.8 Å². The number of aryl methyl sites for hydroxylation is 2. The van der Waals surface area contributed by atoms with E-state index in [9.17, 15) is 9.90 Å². The maximum Gasteiger partial charge on any atom is 0.255 e. The number of likely N-dealkylation sites (tertiary alicyclic amines) is 1. The lowest BCUT2D eigenvalue weighted by molar-refractivity contribution is 0.0473. The van der Waals surface area contributed by atoms with Crippen molar-refractivity contribution in [2.75, 3.05) is 13.1 Å². The molecule has 6 heteroatoms. The summed E-state index contributed by atoms with van der Waals surface area (Å²) in [6.07, 6.45) is 2.79. The Morgan fingerprint density at radius 3 is 3.05 bits per heavy atom. The molecule has 0 spiro atoms. The summed E-state index contributed by atoms with van der Waals surface area (Å²) < 4.78 is 1.71. The first-order valence-electron chi connectivity index (χ1n) is 6.83. The molecule has 1 saturated heterocycles. The summed E-state index contributed by atoms with van der Waals surface area (Å²) in [5.74, 6) is -0.0681. The lowest BCUT2D eigenvalue weighted by Gasteiger charge is -2.30. The van der Waals surface area contributed by atoms with Crippen molar-refractivity contribution in [1.82, 2.24) is 19.7 Å². The van der Waals surface area contributed by atoms with Crippen molar-refractivity contribution < 1.29 is 9.90 Å². The summed E-state index contributed by atoms with van der Waals surface area (Å²) in [4.78, 5) is 18.5. The third-order valence-electron chi connectivity index (χ3n) is 3.79. The van der Waals surface area contributed by atoms with E-state index in [0.717, 1.165) is 29.6 Å².